The molecule has 22 heavy (non-hydrogen) atoms. The van der Waals surface area contributed by atoms with Gasteiger partial charge in [-0.3, -0.25) is 9.69 Å². The van der Waals surface area contributed by atoms with Gasteiger partial charge in [-0.25, -0.2) is 0 Å². The van der Waals surface area contributed by atoms with Crippen LogP contribution in [-0.4, -0.2) is 54.6 Å². The molecule has 2 aliphatic heterocycles. The van der Waals surface area contributed by atoms with Crippen molar-refractivity contribution in [1.29, 1.82) is 0 Å². The van der Waals surface area contributed by atoms with E-state index in [1.807, 2.05) is 12.1 Å². The molecule has 5 heteroatoms. The molecule has 1 aromatic heterocycles. The fourth-order valence-electron chi connectivity index (χ4n) is 3.95. The molecule has 0 unspecified atom stereocenters. The van der Waals surface area contributed by atoms with Gasteiger partial charge in [0.1, 0.15) is 5.76 Å². The van der Waals surface area contributed by atoms with Crippen LogP contribution in [0.5, 0.6) is 0 Å². The monoisotopic (exact) mass is 306 g/mol. The van der Waals surface area contributed by atoms with Crippen molar-refractivity contribution in [2.45, 2.75) is 44.2 Å². The first-order chi connectivity index (χ1) is 10.7. The Morgan fingerprint density at radius 2 is 2.23 bits per heavy atom. The first-order valence-corrected chi connectivity index (χ1v) is 8.28. The van der Waals surface area contributed by atoms with Gasteiger partial charge in [-0.05, 0) is 44.4 Å². The van der Waals surface area contributed by atoms with Crippen LogP contribution in [0.4, 0.5) is 0 Å². The number of hydrogen-bond donors (Lipinski definition) is 0. The van der Waals surface area contributed by atoms with Crippen molar-refractivity contribution in [2.24, 2.45) is 0 Å². The quantitative estimate of drug-likeness (QED) is 0.837. The third-order valence-corrected chi connectivity index (χ3v) is 5.17. The summed E-state index contributed by atoms with van der Waals surface area (Å²) in [5.74, 6) is 1.33. The molecular formula is C17H26N2O3. The van der Waals surface area contributed by atoms with Crippen molar-refractivity contribution in [3.8, 4) is 0 Å². The Bertz CT molecular complexity index is 488. The van der Waals surface area contributed by atoms with Crippen LogP contribution in [0.25, 0.3) is 0 Å². The summed E-state index contributed by atoms with van der Waals surface area (Å²) < 4.78 is 10.7. The van der Waals surface area contributed by atoms with Gasteiger partial charge in [-0.15, -0.1) is 0 Å². The Morgan fingerprint density at radius 3 is 3.00 bits per heavy atom. The summed E-state index contributed by atoms with van der Waals surface area (Å²) >= 11 is 0. The van der Waals surface area contributed by atoms with Gasteiger partial charge in [0.25, 0.3) is 0 Å². The smallest absolute Gasteiger partial charge is 0.223 e. The zero-order valence-electron chi connectivity index (χ0n) is 13.4. The molecule has 0 N–H and O–H groups in total. The molecule has 1 spiro atoms. The summed E-state index contributed by atoms with van der Waals surface area (Å²) in [5, 5.41) is 0. The minimum absolute atomic E-state index is 0.0630. The van der Waals surface area contributed by atoms with E-state index in [4.69, 9.17) is 9.15 Å². The molecule has 2 fully saturated rings. The number of carbonyl (C=O) groups excluding carboxylic acids is 1. The predicted molar refractivity (Wildman–Crippen MR) is 83.4 cm³/mol. The Labute approximate surface area is 132 Å². The molecule has 0 aromatic carbocycles. The Hall–Kier alpha value is -1.33. The Kier molecular flexibility index (Phi) is 4.84. The minimum atomic E-state index is 0.0630. The van der Waals surface area contributed by atoms with Gasteiger partial charge >= 0.3 is 0 Å². The number of furan rings is 1. The highest BCUT2D eigenvalue weighted by Crippen LogP contribution is 2.39. The first kappa shape index (κ1) is 15.6. The van der Waals surface area contributed by atoms with E-state index in [1.165, 1.54) is 0 Å². The maximum absolute atomic E-state index is 12.2. The lowest BCUT2D eigenvalue weighted by Crippen LogP contribution is -2.47. The third kappa shape index (κ3) is 3.20. The third-order valence-electron chi connectivity index (χ3n) is 5.17. The van der Waals surface area contributed by atoms with Crippen molar-refractivity contribution in [3.05, 3.63) is 24.2 Å². The summed E-state index contributed by atoms with van der Waals surface area (Å²) in [5.41, 5.74) is 0.0630. The zero-order valence-corrected chi connectivity index (χ0v) is 13.4. The summed E-state index contributed by atoms with van der Waals surface area (Å²) in [7, 11) is 1.70. The molecule has 5 nitrogen and oxygen atoms in total. The molecule has 1 atom stereocenters. The number of methoxy groups -OCH3 is 1. The number of hydrogen-bond acceptors (Lipinski definition) is 4. The van der Waals surface area contributed by atoms with Gasteiger partial charge in [0.05, 0.1) is 19.4 Å². The van der Waals surface area contributed by atoms with Crippen LogP contribution < -0.4 is 0 Å². The number of rotatable bonds is 5. The zero-order chi connectivity index (χ0) is 15.4. The molecule has 2 saturated heterocycles. The molecular weight excluding hydrogens is 280 g/mol. The number of amides is 1. The molecule has 122 valence electrons. The fourth-order valence-corrected chi connectivity index (χ4v) is 3.95. The summed E-state index contributed by atoms with van der Waals surface area (Å²) in [4.78, 5) is 16.8. The van der Waals surface area contributed by atoms with Gasteiger partial charge in [0, 0.05) is 32.2 Å². The second-order valence-corrected chi connectivity index (χ2v) is 6.47. The number of nitrogens with zero attached hydrogens (tertiary/aromatic N) is 2. The van der Waals surface area contributed by atoms with Crippen LogP contribution in [0.1, 0.15) is 37.9 Å². The fraction of sp³-hybridized carbons (Fsp3) is 0.706. The lowest BCUT2D eigenvalue weighted by Gasteiger charge is -2.38. The maximum atomic E-state index is 12.2. The van der Waals surface area contributed by atoms with E-state index in [-0.39, 0.29) is 5.54 Å². The maximum Gasteiger partial charge on any atom is 0.223 e. The van der Waals surface area contributed by atoms with Gasteiger partial charge in [0.15, 0.2) is 0 Å². The van der Waals surface area contributed by atoms with Crippen molar-refractivity contribution >= 4 is 5.91 Å². The summed E-state index contributed by atoms with van der Waals surface area (Å²) in [6, 6.07) is 3.97. The van der Waals surface area contributed by atoms with Crippen LogP contribution in [0.3, 0.4) is 0 Å². The molecule has 1 aromatic rings. The summed E-state index contributed by atoms with van der Waals surface area (Å²) in [6.45, 7) is 4.33. The van der Waals surface area contributed by atoms with Crippen molar-refractivity contribution in [1.82, 2.24) is 9.80 Å². The molecule has 3 rings (SSSR count). The molecule has 0 aliphatic carbocycles. The van der Waals surface area contributed by atoms with E-state index in [1.54, 1.807) is 13.4 Å². The standard InChI is InChI=1S/C17H26N2O3/c1-21-13-11-19-16(20)5-7-17(19)6-3-9-18(10-8-17)14-15-4-2-12-22-15/h2,4,12H,3,5-11,13-14H2,1H3/t17-/m0/s1. The molecule has 0 bridgehead atoms. The van der Waals surface area contributed by atoms with E-state index >= 15 is 0 Å². The van der Waals surface area contributed by atoms with Crippen molar-refractivity contribution in [2.75, 3.05) is 33.4 Å². The van der Waals surface area contributed by atoms with E-state index in [2.05, 4.69) is 9.80 Å². The van der Waals surface area contributed by atoms with Crippen LogP contribution in [-0.2, 0) is 16.1 Å². The number of ether oxygens (including phenoxy) is 1. The highest BCUT2D eigenvalue weighted by Gasteiger charge is 2.45. The predicted octanol–water partition coefficient (Wildman–Crippen LogP) is 2.27. The molecule has 2 aliphatic rings. The Morgan fingerprint density at radius 1 is 1.32 bits per heavy atom. The number of likely N-dealkylation sites (tertiary alicyclic amines) is 2. The lowest BCUT2D eigenvalue weighted by atomic mass is 9.88. The highest BCUT2D eigenvalue weighted by molar-refractivity contribution is 5.79. The Balaban J connectivity index is 1.64. The topological polar surface area (TPSA) is 45.9 Å². The van der Waals surface area contributed by atoms with Crippen molar-refractivity contribution < 1.29 is 13.9 Å². The van der Waals surface area contributed by atoms with E-state index in [0.29, 0.717) is 18.9 Å². The lowest BCUT2D eigenvalue weighted by molar-refractivity contribution is -0.132. The molecule has 1 amide bonds. The van der Waals surface area contributed by atoms with Crippen LogP contribution >= 0.6 is 0 Å². The molecule has 0 radical (unpaired) electrons. The average molecular weight is 306 g/mol. The highest BCUT2D eigenvalue weighted by atomic mass is 16.5. The SMILES string of the molecule is COCCN1C(=O)CC[C@]12CCCN(Cc1ccco1)CC2. The van der Waals surface area contributed by atoms with Gasteiger partial charge < -0.3 is 14.1 Å². The normalized spacial score (nSPS) is 26.8. The van der Waals surface area contributed by atoms with Gasteiger partial charge in [-0.2, -0.15) is 0 Å². The van der Waals surface area contributed by atoms with Crippen LogP contribution in [0, 0.1) is 0 Å². The second kappa shape index (κ2) is 6.84. The first-order valence-electron chi connectivity index (χ1n) is 8.28. The average Bonchev–Trinajstić information content (AvgIpc) is 3.06. The van der Waals surface area contributed by atoms with E-state index in [0.717, 1.165) is 57.6 Å². The number of carbonyl (C=O) groups is 1. The van der Waals surface area contributed by atoms with E-state index < -0.39 is 0 Å². The van der Waals surface area contributed by atoms with E-state index in [9.17, 15) is 4.79 Å². The summed E-state index contributed by atoms with van der Waals surface area (Å²) in [6.07, 6.45) is 6.74. The largest absolute Gasteiger partial charge is 0.468 e. The van der Waals surface area contributed by atoms with Crippen molar-refractivity contribution in [3.63, 3.8) is 0 Å². The molecule has 0 saturated carbocycles. The minimum Gasteiger partial charge on any atom is -0.468 e. The second-order valence-electron chi connectivity index (χ2n) is 6.47. The molecule has 3 heterocycles. The van der Waals surface area contributed by atoms with Crippen LogP contribution in [0.15, 0.2) is 22.8 Å². The van der Waals surface area contributed by atoms with Crippen LogP contribution in [0.2, 0.25) is 0 Å². The van der Waals surface area contributed by atoms with Gasteiger partial charge in [0.2, 0.25) is 5.91 Å². The van der Waals surface area contributed by atoms with Gasteiger partial charge in [-0.1, -0.05) is 0 Å².